The lowest BCUT2D eigenvalue weighted by Gasteiger charge is -2.13. The van der Waals surface area contributed by atoms with Crippen molar-refractivity contribution >= 4 is 91.3 Å². The molecule has 0 unspecified atom stereocenters. The molecule has 1 saturated heterocycles. The van der Waals surface area contributed by atoms with Crippen LogP contribution in [0.3, 0.4) is 0 Å². The maximum absolute atomic E-state index is 13.3. The van der Waals surface area contributed by atoms with Crippen LogP contribution in [-0.4, -0.2) is 28.5 Å². The van der Waals surface area contributed by atoms with Gasteiger partial charge in [0, 0.05) is 21.3 Å². The smallest absolute Gasteiger partial charge is 0.294 e. The predicted molar refractivity (Wildman–Crippen MR) is 148 cm³/mol. The highest BCUT2D eigenvalue weighted by molar-refractivity contribution is 9.10. The molecule has 3 aromatic rings. The van der Waals surface area contributed by atoms with Gasteiger partial charge in [0.15, 0.2) is 5.75 Å². The predicted octanol–water partition coefficient (Wildman–Crippen LogP) is 7.80. The van der Waals surface area contributed by atoms with E-state index in [0.29, 0.717) is 43.2 Å². The van der Waals surface area contributed by atoms with Crippen molar-refractivity contribution in [3.05, 3.63) is 96.0 Å². The van der Waals surface area contributed by atoms with Gasteiger partial charge in [0.2, 0.25) is 5.91 Å². The van der Waals surface area contributed by atoms with Crippen molar-refractivity contribution < 1.29 is 23.5 Å². The van der Waals surface area contributed by atoms with Gasteiger partial charge in [-0.05, 0) is 81.8 Å². The summed E-state index contributed by atoms with van der Waals surface area (Å²) in [6.07, 6.45) is 1.49. The molecule has 1 fully saturated rings. The fourth-order valence-corrected chi connectivity index (χ4v) is 5.58. The number of thioether (sulfide) groups is 1. The number of carbonyl (C=O) groups is 3. The average molecular weight is 645 g/mol. The topological polar surface area (TPSA) is 75.7 Å². The molecule has 0 saturated carbocycles. The molecule has 1 heterocycles. The first-order valence-electron chi connectivity index (χ1n) is 10.5. The van der Waals surface area contributed by atoms with Crippen molar-refractivity contribution in [1.82, 2.24) is 4.90 Å². The highest BCUT2D eigenvalue weighted by atomic mass is 79.9. The van der Waals surface area contributed by atoms with E-state index in [-0.39, 0.29) is 22.2 Å². The number of nitrogens with zero attached hydrogens (tertiary/aromatic N) is 1. The minimum atomic E-state index is -0.637. The Morgan fingerprint density at radius 2 is 1.86 bits per heavy atom. The summed E-state index contributed by atoms with van der Waals surface area (Å²) in [4.78, 5) is 38.4. The highest BCUT2D eigenvalue weighted by Crippen LogP contribution is 2.38. The fourth-order valence-electron chi connectivity index (χ4n) is 3.29. The molecule has 190 valence electrons. The number of hydrogen-bond donors (Lipinski definition) is 1. The molecule has 4 rings (SSSR count). The quantitative estimate of drug-likeness (QED) is 0.266. The Labute approximate surface area is 238 Å². The van der Waals surface area contributed by atoms with Crippen LogP contribution in [0.25, 0.3) is 6.08 Å². The second-order valence-corrected chi connectivity index (χ2v) is 10.8. The van der Waals surface area contributed by atoms with E-state index in [1.807, 2.05) is 0 Å². The molecule has 12 heteroatoms. The molecular formula is C25H15BrCl3FN2O4S. The molecule has 0 aliphatic carbocycles. The Hall–Kier alpha value is -2.56. The van der Waals surface area contributed by atoms with E-state index < -0.39 is 29.4 Å². The first-order valence-corrected chi connectivity index (χ1v) is 13.2. The third-order valence-corrected chi connectivity index (χ3v) is 7.35. The Kier molecular flexibility index (Phi) is 8.82. The summed E-state index contributed by atoms with van der Waals surface area (Å²) in [5.74, 6) is -1.43. The monoisotopic (exact) mass is 642 g/mol. The molecule has 3 amide bonds. The van der Waals surface area contributed by atoms with Crippen LogP contribution in [0.2, 0.25) is 15.1 Å². The third kappa shape index (κ3) is 6.86. The van der Waals surface area contributed by atoms with Crippen molar-refractivity contribution in [2.24, 2.45) is 0 Å². The van der Waals surface area contributed by atoms with Gasteiger partial charge in [0.1, 0.15) is 19.0 Å². The Balaban J connectivity index is 1.44. The summed E-state index contributed by atoms with van der Waals surface area (Å²) in [5.41, 5.74) is 1.46. The average Bonchev–Trinajstić information content (AvgIpc) is 3.07. The van der Waals surface area contributed by atoms with Gasteiger partial charge in [-0.3, -0.25) is 19.3 Å². The number of anilines is 1. The molecule has 0 bridgehead atoms. The molecular weight excluding hydrogens is 630 g/mol. The number of imide groups is 1. The van der Waals surface area contributed by atoms with Gasteiger partial charge in [-0.1, -0.05) is 46.9 Å². The summed E-state index contributed by atoms with van der Waals surface area (Å²) in [5, 5.41) is 3.09. The summed E-state index contributed by atoms with van der Waals surface area (Å²) in [7, 11) is 0. The normalized spacial score (nSPS) is 14.4. The van der Waals surface area contributed by atoms with E-state index in [0.717, 1.165) is 11.0 Å². The molecule has 1 aliphatic heterocycles. The lowest BCUT2D eigenvalue weighted by molar-refractivity contribution is -0.127. The van der Waals surface area contributed by atoms with Crippen LogP contribution in [-0.2, 0) is 16.2 Å². The third-order valence-electron chi connectivity index (χ3n) is 4.99. The minimum absolute atomic E-state index is 0.119. The van der Waals surface area contributed by atoms with E-state index in [1.54, 1.807) is 30.3 Å². The van der Waals surface area contributed by atoms with Crippen molar-refractivity contribution in [2.45, 2.75) is 6.61 Å². The zero-order chi connectivity index (χ0) is 26.7. The number of benzene rings is 3. The van der Waals surface area contributed by atoms with Crippen LogP contribution in [0.4, 0.5) is 14.9 Å². The van der Waals surface area contributed by atoms with Crippen LogP contribution < -0.4 is 10.1 Å². The molecule has 3 aromatic carbocycles. The van der Waals surface area contributed by atoms with Gasteiger partial charge < -0.3 is 10.1 Å². The molecule has 0 atom stereocenters. The van der Waals surface area contributed by atoms with E-state index in [4.69, 9.17) is 39.5 Å². The van der Waals surface area contributed by atoms with Gasteiger partial charge in [-0.15, -0.1) is 0 Å². The standard InChI is InChI=1S/C25H15BrCl3FN2O4S/c26-18-6-13(7-20(29)23(18)36-12-14-4-5-15(27)9-19(14)28)8-21-24(34)32(25(35)37-21)11-22(33)31-17-3-1-2-16(30)10-17/h1-10H,11-12H2,(H,31,33)/b21-8+. The highest BCUT2D eigenvalue weighted by Gasteiger charge is 2.36. The number of amides is 3. The van der Waals surface area contributed by atoms with Gasteiger partial charge in [-0.2, -0.15) is 0 Å². The van der Waals surface area contributed by atoms with Crippen molar-refractivity contribution in [1.29, 1.82) is 0 Å². The maximum atomic E-state index is 13.3. The molecule has 0 radical (unpaired) electrons. The number of hydrogen-bond acceptors (Lipinski definition) is 5. The maximum Gasteiger partial charge on any atom is 0.294 e. The van der Waals surface area contributed by atoms with Crippen LogP contribution in [0, 0.1) is 5.82 Å². The Morgan fingerprint density at radius 3 is 2.57 bits per heavy atom. The molecule has 1 aliphatic rings. The van der Waals surface area contributed by atoms with Gasteiger partial charge in [0.05, 0.1) is 14.4 Å². The van der Waals surface area contributed by atoms with Crippen molar-refractivity contribution in [3.8, 4) is 5.75 Å². The fraction of sp³-hybridized carbons (Fsp3) is 0.0800. The summed E-state index contributed by atoms with van der Waals surface area (Å²) >= 11 is 22.6. The van der Waals surface area contributed by atoms with Crippen LogP contribution in [0.1, 0.15) is 11.1 Å². The number of rotatable bonds is 7. The minimum Gasteiger partial charge on any atom is -0.486 e. The second kappa shape index (κ2) is 11.9. The van der Waals surface area contributed by atoms with E-state index in [9.17, 15) is 18.8 Å². The second-order valence-electron chi connectivity index (χ2n) is 7.66. The van der Waals surface area contributed by atoms with E-state index in [2.05, 4.69) is 21.2 Å². The number of halogens is 5. The van der Waals surface area contributed by atoms with Gasteiger partial charge in [-0.25, -0.2) is 4.39 Å². The molecule has 37 heavy (non-hydrogen) atoms. The zero-order valence-corrected chi connectivity index (χ0v) is 23.2. The first-order chi connectivity index (χ1) is 17.6. The molecule has 1 N–H and O–H groups in total. The largest absolute Gasteiger partial charge is 0.486 e. The van der Waals surface area contributed by atoms with Crippen molar-refractivity contribution in [3.63, 3.8) is 0 Å². The van der Waals surface area contributed by atoms with Gasteiger partial charge in [0.25, 0.3) is 11.1 Å². The number of carbonyl (C=O) groups excluding carboxylic acids is 3. The summed E-state index contributed by atoms with van der Waals surface area (Å²) in [6.45, 7) is -0.368. The Bertz CT molecular complexity index is 1430. The molecule has 6 nitrogen and oxygen atoms in total. The molecule has 0 spiro atoms. The SMILES string of the molecule is O=C(CN1C(=O)S/C(=C/c2cc(Cl)c(OCc3ccc(Cl)cc3Cl)c(Br)c2)C1=O)Nc1cccc(F)c1. The summed E-state index contributed by atoms with van der Waals surface area (Å²) in [6, 6.07) is 13.6. The lowest BCUT2D eigenvalue weighted by atomic mass is 10.2. The van der Waals surface area contributed by atoms with Gasteiger partial charge >= 0.3 is 0 Å². The van der Waals surface area contributed by atoms with Crippen molar-refractivity contribution in [2.75, 3.05) is 11.9 Å². The van der Waals surface area contributed by atoms with E-state index >= 15 is 0 Å². The Morgan fingerprint density at radius 1 is 1.08 bits per heavy atom. The van der Waals surface area contributed by atoms with Crippen LogP contribution >= 0.6 is 62.5 Å². The zero-order valence-electron chi connectivity index (χ0n) is 18.6. The number of ether oxygens (including phenoxy) is 1. The number of nitrogens with one attached hydrogen (secondary N) is 1. The lowest BCUT2D eigenvalue weighted by Crippen LogP contribution is -2.36. The van der Waals surface area contributed by atoms with Crippen LogP contribution in [0.15, 0.2) is 64.0 Å². The first kappa shape index (κ1) is 27.5. The molecule has 0 aromatic heterocycles. The summed E-state index contributed by atoms with van der Waals surface area (Å²) < 4.78 is 19.7. The van der Waals surface area contributed by atoms with E-state index in [1.165, 1.54) is 24.3 Å². The van der Waals surface area contributed by atoms with Crippen LogP contribution in [0.5, 0.6) is 5.75 Å².